The number of hydrogen-bond donors (Lipinski definition) is 1. The molecular weight excluding hydrogens is 192 g/mol. The topological polar surface area (TPSA) is 64.2 Å². The highest BCUT2D eigenvalue weighted by Crippen LogP contribution is 2.00. The Morgan fingerprint density at radius 3 is 3.13 bits per heavy atom. The number of carbonyl (C=O) groups is 1. The summed E-state index contributed by atoms with van der Waals surface area (Å²) in [7, 11) is 1.64. The number of imidazole rings is 1. The molecule has 1 aromatic rings. The van der Waals surface area contributed by atoms with Crippen molar-refractivity contribution in [3.8, 4) is 12.3 Å². The Kier molecular flexibility index (Phi) is 3.89. The number of aromatic nitrogens is 2. The molecule has 80 valence electrons. The van der Waals surface area contributed by atoms with Crippen LogP contribution in [-0.2, 0) is 6.54 Å². The molecule has 5 heteroatoms. The first-order valence-electron chi connectivity index (χ1n) is 4.59. The lowest BCUT2D eigenvalue weighted by Gasteiger charge is -2.11. The van der Waals surface area contributed by atoms with Crippen molar-refractivity contribution in [3.63, 3.8) is 0 Å². The number of rotatable bonds is 4. The smallest absolute Gasteiger partial charge is 0.274 e. The summed E-state index contributed by atoms with van der Waals surface area (Å²) in [6, 6.07) is 0. The summed E-state index contributed by atoms with van der Waals surface area (Å²) in [5.74, 6) is 2.22. The molecule has 0 radical (unpaired) electrons. The van der Waals surface area contributed by atoms with Crippen LogP contribution in [0.3, 0.4) is 0 Å². The van der Waals surface area contributed by atoms with E-state index in [9.17, 15) is 4.79 Å². The first kappa shape index (κ1) is 11.3. The van der Waals surface area contributed by atoms with Crippen LogP contribution in [0.2, 0.25) is 0 Å². The Balaban J connectivity index is 2.70. The van der Waals surface area contributed by atoms with Crippen LogP contribution in [0.5, 0.6) is 0 Å². The van der Waals surface area contributed by atoms with Gasteiger partial charge in [-0.1, -0.05) is 5.92 Å². The summed E-state index contributed by atoms with van der Waals surface area (Å²) in [5.41, 5.74) is 5.77. The molecule has 0 spiro atoms. The highest BCUT2D eigenvalue weighted by atomic mass is 16.2. The first-order chi connectivity index (χ1) is 7.19. The van der Waals surface area contributed by atoms with E-state index >= 15 is 0 Å². The zero-order valence-corrected chi connectivity index (χ0v) is 8.68. The van der Waals surface area contributed by atoms with Crippen LogP contribution in [0, 0.1) is 12.3 Å². The van der Waals surface area contributed by atoms with Crippen molar-refractivity contribution in [2.45, 2.75) is 6.54 Å². The third kappa shape index (κ3) is 2.82. The van der Waals surface area contributed by atoms with Gasteiger partial charge in [-0.3, -0.25) is 4.79 Å². The Morgan fingerprint density at radius 2 is 2.53 bits per heavy atom. The zero-order chi connectivity index (χ0) is 11.3. The molecule has 15 heavy (non-hydrogen) atoms. The van der Waals surface area contributed by atoms with Crippen LogP contribution in [0.15, 0.2) is 12.5 Å². The largest absolute Gasteiger partial charge is 0.335 e. The number of terminal acetylenes is 1. The van der Waals surface area contributed by atoms with Gasteiger partial charge in [0.2, 0.25) is 0 Å². The summed E-state index contributed by atoms with van der Waals surface area (Å²) in [6.45, 7) is 1.45. The molecule has 1 rings (SSSR count). The maximum atomic E-state index is 11.7. The van der Waals surface area contributed by atoms with E-state index in [1.807, 2.05) is 0 Å². The third-order valence-corrected chi connectivity index (χ3v) is 1.91. The molecule has 0 atom stereocenters. The average molecular weight is 206 g/mol. The molecule has 0 saturated heterocycles. The van der Waals surface area contributed by atoms with E-state index in [1.54, 1.807) is 24.1 Å². The second-order valence-corrected chi connectivity index (χ2v) is 3.15. The highest BCUT2D eigenvalue weighted by molar-refractivity contribution is 5.92. The van der Waals surface area contributed by atoms with Crippen molar-refractivity contribution in [2.24, 2.45) is 5.73 Å². The minimum Gasteiger partial charge on any atom is -0.335 e. The Labute approximate surface area is 88.9 Å². The highest BCUT2D eigenvalue weighted by Gasteiger charge is 2.13. The molecule has 5 nitrogen and oxygen atoms in total. The molecule has 0 unspecified atom stereocenters. The second-order valence-electron chi connectivity index (χ2n) is 3.15. The van der Waals surface area contributed by atoms with E-state index in [4.69, 9.17) is 12.2 Å². The minimum atomic E-state index is -0.177. The van der Waals surface area contributed by atoms with Gasteiger partial charge in [0, 0.05) is 26.3 Å². The van der Waals surface area contributed by atoms with Crippen LogP contribution >= 0.6 is 0 Å². The molecule has 0 aliphatic rings. The van der Waals surface area contributed by atoms with Crippen LogP contribution < -0.4 is 5.73 Å². The molecule has 0 bridgehead atoms. The van der Waals surface area contributed by atoms with E-state index in [0.29, 0.717) is 18.8 Å². The van der Waals surface area contributed by atoms with Gasteiger partial charge in [0.15, 0.2) is 0 Å². The minimum absolute atomic E-state index is 0.177. The van der Waals surface area contributed by atoms with Crippen LogP contribution in [-0.4, -0.2) is 40.5 Å². The van der Waals surface area contributed by atoms with E-state index in [1.165, 1.54) is 4.90 Å². The van der Waals surface area contributed by atoms with Gasteiger partial charge in [0.05, 0.1) is 12.9 Å². The third-order valence-electron chi connectivity index (χ3n) is 1.91. The molecule has 0 aliphatic heterocycles. The predicted octanol–water partition coefficient (Wildman–Crippen LogP) is -0.453. The molecular formula is C10H14N4O. The molecule has 1 heterocycles. The number of hydrogen-bond acceptors (Lipinski definition) is 3. The van der Waals surface area contributed by atoms with Crippen molar-refractivity contribution in [1.29, 1.82) is 0 Å². The quantitative estimate of drug-likeness (QED) is 0.678. The summed E-state index contributed by atoms with van der Waals surface area (Å²) in [6.07, 6.45) is 8.37. The summed E-state index contributed by atoms with van der Waals surface area (Å²) >= 11 is 0. The van der Waals surface area contributed by atoms with E-state index < -0.39 is 0 Å². The molecule has 0 aliphatic carbocycles. The van der Waals surface area contributed by atoms with Crippen molar-refractivity contribution < 1.29 is 4.79 Å². The van der Waals surface area contributed by atoms with Crippen molar-refractivity contribution in [3.05, 3.63) is 18.2 Å². The molecule has 0 fully saturated rings. The number of amides is 1. The van der Waals surface area contributed by atoms with Gasteiger partial charge in [-0.25, -0.2) is 4.98 Å². The summed E-state index contributed by atoms with van der Waals surface area (Å²) in [5, 5.41) is 0. The van der Waals surface area contributed by atoms with Gasteiger partial charge >= 0.3 is 0 Å². The van der Waals surface area contributed by atoms with Gasteiger partial charge in [-0.15, -0.1) is 6.42 Å². The monoisotopic (exact) mass is 206 g/mol. The zero-order valence-electron chi connectivity index (χ0n) is 8.68. The van der Waals surface area contributed by atoms with E-state index in [2.05, 4.69) is 10.9 Å². The normalized spacial score (nSPS) is 9.67. The van der Waals surface area contributed by atoms with E-state index in [0.717, 1.165) is 0 Å². The summed E-state index contributed by atoms with van der Waals surface area (Å²) < 4.78 is 1.77. The second kappa shape index (κ2) is 5.17. The van der Waals surface area contributed by atoms with Gasteiger partial charge in [0.1, 0.15) is 5.69 Å². The number of carbonyl (C=O) groups excluding carboxylic acids is 1. The molecule has 0 aromatic carbocycles. The van der Waals surface area contributed by atoms with Crippen molar-refractivity contribution >= 4 is 5.91 Å². The molecule has 0 saturated carbocycles. The maximum Gasteiger partial charge on any atom is 0.274 e. The van der Waals surface area contributed by atoms with Crippen LogP contribution in [0.25, 0.3) is 0 Å². The standard InChI is InChI=1S/C10H14N4O/c1-3-5-13(2)10(15)9-7-14(6-4-11)8-12-9/h1,7-8H,4-6,11H2,2H3. The maximum absolute atomic E-state index is 11.7. The van der Waals surface area contributed by atoms with E-state index in [-0.39, 0.29) is 12.5 Å². The van der Waals surface area contributed by atoms with Crippen molar-refractivity contribution in [1.82, 2.24) is 14.5 Å². The average Bonchev–Trinajstić information content (AvgIpc) is 2.66. The first-order valence-corrected chi connectivity index (χ1v) is 4.59. The van der Waals surface area contributed by atoms with Crippen LogP contribution in [0.4, 0.5) is 0 Å². The Bertz CT molecular complexity index is 377. The fourth-order valence-electron chi connectivity index (χ4n) is 1.15. The Morgan fingerprint density at radius 1 is 1.80 bits per heavy atom. The fourth-order valence-corrected chi connectivity index (χ4v) is 1.15. The molecule has 2 N–H and O–H groups in total. The lowest BCUT2D eigenvalue weighted by atomic mass is 10.4. The van der Waals surface area contributed by atoms with Gasteiger partial charge < -0.3 is 15.2 Å². The summed E-state index contributed by atoms with van der Waals surface area (Å²) in [4.78, 5) is 17.1. The molecule has 1 aromatic heterocycles. The van der Waals surface area contributed by atoms with Gasteiger partial charge in [-0.05, 0) is 0 Å². The van der Waals surface area contributed by atoms with Gasteiger partial charge in [-0.2, -0.15) is 0 Å². The fraction of sp³-hybridized carbons (Fsp3) is 0.400. The Hall–Kier alpha value is -1.80. The van der Waals surface area contributed by atoms with Crippen molar-refractivity contribution in [2.75, 3.05) is 20.1 Å². The SMILES string of the molecule is C#CCN(C)C(=O)c1cn(CCN)cn1. The lowest BCUT2D eigenvalue weighted by molar-refractivity contribution is 0.0807. The molecule has 1 amide bonds. The number of nitrogens with zero attached hydrogens (tertiary/aromatic N) is 3. The van der Waals surface area contributed by atoms with Crippen LogP contribution in [0.1, 0.15) is 10.5 Å². The number of nitrogens with two attached hydrogens (primary N) is 1. The van der Waals surface area contributed by atoms with Gasteiger partial charge in [0.25, 0.3) is 5.91 Å². The lowest BCUT2D eigenvalue weighted by Crippen LogP contribution is -2.27. The predicted molar refractivity (Wildman–Crippen MR) is 57.1 cm³/mol.